The van der Waals surface area contributed by atoms with Crippen molar-refractivity contribution in [2.24, 2.45) is 0 Å². The van der Waals surface area contributed by atoms with Crippen LogP contribution in [0.25, 0.3) is 0 Å². The summed E-state index contributed by atoms with van der Waals surface area (Å²) in [6.07, 6.45) is 3.96. The molecule has 0 saturated heterocycles. The van der Waals surface area contributed by atoms with Gasteiger partial charge in [0.15, 0.2) is 0 Å². The maximum atomic E-state index is 5.90. The second kappa shape index (κ2) is 6.24. The monoisotopic (exact) mass is 366 g/mol. The van der Waals surface area contributed by atoms with Gasteiger partial charge in [-0.1, -0.05) is 29.8 Å². The minimum absolute atomic E-state index is 0.467. The van der Waals surface area contributed by atoms with Gasteiger partial charge in [0.05, 0.1) is 23.5 Å². The molecule has 1 fully saturated rings. The molecule has 3 rings (SSSR count). The number of nitrogens with zero attached hydrogens (tertiary/aromatic N) is 1. The minimum atomic E-state index is 0.467. The third kappa shape index (κ3) is 3.16. The number of hydrogen-bond donors (Lipinski definition) is 1. The topological polar surface area (TPSA) is 34.1 Å². The van der Waals surface area contributed by atoms with Crippen molar-refractivity contribution in [3.8, 4) is 5.75 Å². The van der Waals surface area contributed by atoms with Crippen LogP contribution in [0.5, 0.6) is 5.75 Å². The van der Waals surface area contributed by atoms with Gasteiger partial charge in [-0.15, -0.1) is 0 Å². The summed E-state index contributed by atoms with van der Waals surface area (Å²) in [7, 11) is 1.73. The summed E-state index contributed by atoms with van der Waals surface area (Å²) in [5, 5.41) is 3.98. The summed E-state index contributed by atoms with van der Waals surface area (Å²) in [5.41, 5.74) is 2.29. The SMILES string of the molecule is COc1ccccc1C1CC(Nc2cnc(Cl)c(Br)c2)C1. The molecule has 1 saturated carbocycles. The molecule has 1 aliphatic rings. The second-order valence-electron chi connectivity index (χ2n) is 5.25. The van der Waals surface area contributed by atoms with Crippen LogP contribution < -0.4 is 10.1 Å². The smallest absolute Gasteiger partial charge is 0.143 e. The zero-order valence-electron chi connectivity index (χ0n) is 11.6. The highest BCUT2D eigenvalue weighted by molar-refractivity contribution is 9.10. The average Bonchev–Trinajstić information content (AvgIpc) is 2.46. The number of ether oxygens (including phenoxy) is 1. The molecule has 0 aliphatic heterocycles. The van der Waals surface area contributed by atoms with Gasteiger partial charge >= 0.3 is 0 Å². The highest BCUT2D eigenvalue weighted by Gasteiger charge is 2.32. The quantitative estimate of drug-likeness (QED) is 0.783. The Labute approximate surface area is 137 Å². The van der Waals surface area contributed by atoms with Gasteiger partial charge in [0, 0.05) is 6.04 Å². The molecule has 2 aromatic rings. The Bertz CT molecular complexity index is 644. The van der Waals surface area contributed by atoms with Crippen LogP contribution in [-0.4, -0.2) is 18.1 Å². The van der Waals surface area contributed by atoms with Crippen molar-refractivity contribution in [1.82, 2.24) is 4.98 Å². The van der Waals surface area contributed by atoms with Crippen LogP contribution in [0.1, 0.15) is 24.3 Å². The van der Waals surface area contributed by atoms with Gasteiger partial charge in [0.1, 0.15) is 10.9 Å². The largest absolute Gasteiger partial charge is 0.496 e. The van der Waals surface area contributed by atoms with Crippen molar-refractivity contribution in [2.75, 3.05) is 12.4 Å². The molecule has 1 aromatic carbocycles. The van der Waals surface area contributed by atoms with Crippen molar-refractivity contribution in [2.45, 2.75) is 24.8 Å². The standard InChI is InChI=1S/C16H16BrClN2O/c1-21-15-5-3-2-4-13(15)10-6-11(7-10)20-12-8-14(17)16(18)19-9-12/h2-5,8-11,20H,6-7H2,1H3. The molecule has 110 valence electrons. The fourth-order valence-corrected chi connectivity index (χ4v) is 3.18. The van der Waals surface area contributed by atoms with Crippen LogP contribution >= 0.6 is 27.5 Å². The van der Waals surface area contributed by atoms with Gasteiger partial charge in [-0.25, -0.2) is 4.98 Å². The molecule has 0 radical (unpaired) electrons. The molecule has 0 spiro atoms. The van der Waals surface area contributed by atoms with E-state index in [1.807, 2.05) is 18.2 Å². The predicted molar refractivity (Wildman–Crippen MR) is 89.3 cm³/mol. The van der Waals surface area contributed by atoms with Gasteiger partial charge < -0.3 is 10.1 Å². The number of hydrogen-bond acceptors (Lipinski definition) is 3. The Morgan fingerprint density at radius 1 is 1.33 bits per heavy atom. The lowest BCUT2D eigenvalue weighted by atomic mass is 9.75. The second-order valence-corrected chi connectivity index (χ2v) is 6.46. The molecule has 1 aromatic heterocycles. The van der Waals surface area contributed by atoms with E-state index in [9.17, 15) is 0 Å². The third-order valence-electron chi connectivity index (χ3n) is 3.88. The predicted octanol–water partition coefficient (Wildman–Crippen LogP) is 4.86. The van der Waals surface area contributed by atoms with Gasteiger partial charge in [-0.2, -0.15) is 0 Å². The fraction of sp³-hybridized carbons (Fsp3) is 0.312. The minimum Gasteiger partial charge on any atom is -0.496 e. The molecule has 0 unspecified atom stereocenters. The zero-order valence-corrected chi connectivity index (χ0v) is 14.0. The van der Waals surface area contributed by atoms with Crippen LogP contribution in [0.4, 0.5) is 5.69 Å². The van der Waals surface area contributed by atoms with Crippen molar-refractivity contribution < 1.29 is 4.74 Å². The maximum absolute atomic E-state index is 5.90. The van der Waals surface area contributed by atoms with Crippen molar-refractivity contribution in [3.63, 3.8) is 0 Å². The molecular formula is C16H16BrClN2O. The summed E-state index contributed by atoms with van der Waals surface area (Å²) < 4.78 is 6.25. The molecular weight excluding hydrogens is 352 g/mol. The van der Waals surface area contributed by atoms with E-state index in [0.29, 0.717) is 17.1 Å². The zero-order chi connectivity index (χ0) is 14.8. The number of anilines is 1. The lowest BCUT2D eigenvalue weighted by Crippen LogP contribution is -2.34. The van der Waals surface area contributed by atoms with Crippen LogP contribution in [0, 0.1) is 0 Å². The summed E-state index contributed by atoms with van der Waals surface area (Å²) >= 11 is 9.29. The van der Waals surface area contributed by atoms with Crippen molar-refractivity contribution in [1.29, 1.82) is 0 Å². The maximum Gasteiger partial charge on any atom is 0.143 e. The first kappa shape index (κ1) is 14.7. The molecule has 0 bridgehead atoms. The van der Waals surface area contributed by atoms with Crippen LogP contribution in [0.2, 0.25) is 5.15 Å². The molecule has 1 aliphatic carbocycles. The fourth-order valence-electron chi connectivity index (χ4n) is 2.73. The molecule has 5 heteroatoms. The van der Waals surface area contributed by atoms with Gasteiger partial charge in [0.25, 0.3) is 0 Å². The molecule has 1 N–H and O–H groups in total. The average molecular weight is 368 g/mol. The van der Waals surface area contributed by atoms with E-state index in [4.69, 9.17) is 16.3 Å². The van der Waals surface area contributed by atoms with Crippen molar-refractivity contribution in [3.05, 3.63) is 51.7 Å². The van der Waals surface area contributed by atoms with E-state index in [1.165, 1.54) is 5.56 Å². The first-order valence-electron chi connectivity index (χ1n) is 6.88. The Balaban J connectivity index is 1.62. The summed E-state index contributed by atoms with van der Waals surface area (Å²) in [5.74, 6) is 1.54. The Morgan fingerprint density at radius 2 is 2.10 bits per heavy atom. The van der Waals surface area contributed by atoms with Gasteiger partial charge in [0.2, 0.25) is 0 Å². The number of methoxy groups -OCH3 is 1. The Kier molecular flexibility index (Phi) is 4.36. The van der Waals surface area contributed by atoms with Gasteiger partial charge in [-0.3, -0.25) is 0 Å². The number of halogens is 2. The summed E-state index contributed by atoms with van der Waals surface area (Å²) in [4.78, 5) is 4.13. The number of rotatable bonds is 4. The molecule has 1 heterocycles. The summed E-state index contributed by atoms with van der Waals surface area (Å²) in [6.45, 7) is 0. The van der Waals surface area contributed by atoms with E-state index in [-0.39, 0.29) is 0 Å². The Hall–Kier alpha value is -1.26. The number of benzene rings is 1. The number of para-hydroxylation sites is 1. The normalized spacial score (nSPS) is 20.7. The van der Waals surface area contributed by atoms with Gasteiger partial charge in [-0.05, 0) is 52.4 Å². The van der Waals surface area contributed by atoms with E-state index < -0.39 is 0 Å². The molecule has 0 atom stereocenters. The lowest BCUT2D eigenvalue weighted by molar-refractivity contribution is 0.349. The van der Waals surface area contributed by atoms with Crippen LogP contribution in [0.3, 0.4) is 0 Å². The first-order valence-corrected chi connectivity index (χ1v) is 8.05. The van der Waals surface area contributed by atoms with Crippen LogP contribution in [-0.2, 0) is 0 Å². The number of aromatic nitrogens is 1. The molecule has 0 amide bonds. The van der Waals surface area contributed by atoms with Crippen molar-refractivity contribution >= 4 is 33.2 Å². The van der Waals surface area contributed by atoms with Crippen LogP contribution in [0.15, 0.2) is 41.0 Å². The molecule has 21 heavy (non-hydrogen) atoms. The highest BCUT2D eigenvalue weighted by Crippen LogP contribution is 2.42. The Morgan fingerprint density at radius 3 is 2.81 bits per heavy atom. The van der Waals surface area contributed by atoms with E-state index in [0.717, 1.165) is 28.8 Å². The first-order chi connectivity index (χ1) is 10.2. The number of pyridine rings is 1. The van der Waals surface area contributed by atoms with E-state index >= 15 is 0 Å². The number of nitrogens with one attached hydrogen (secondary N) is 1. The summed E-state index contributed by atoms with van der Waals surface area (Å²) in [6, 6.07) is 10.7. The van der Waals surface area contributed by atoms with E-state index in [2.05, 4.69) is 38.4 Å². The lowest BCUT2D eigenvalue weighted by Gasteiger charge is -2.37. The van der Waals surface area contributed by atoms with E-state index in [1.54, 1.807) is 13.3 Å². The molecule has 3 nitrogen and oxygen atoms in total. The highest BCUT2D eigenvalue weighted by atomic mass is 79.9. The third-order valence-corrected chi connectivity index (χ3v) is 5.02.